The minimum absolute atomic E-state index is 0.323. The lowest BCUT2D eigenvalue weighted by Crippen LogP contribution is -1.97. The van der Waals surface area contributed by atoms with Gasteiger partial charge in [0, 0.05) is 6.07 Å². The molecule has 0 fully saturated rings. The Labute approximate surface area is 115 Å². The van der Waals surface area contributed by atoms with Gasteiger partial charge in [0.2, 0.25) is 0 Å². The molecule has 1 aromatic carbocycles. The van der Waals surface area contributed by atoms with Crippen LogP contribution in [0.3, 0.4) is 0 Å². The van der Waals surface area contributed by atoms with E-state index < -0.39 is 0 Å². The first-order valence-electron chi connectivity index (χ1n) is 6.11. The largest absolute Gasteiger partial charge is 0.497 e. The van der Waals surface area contributed by atoms with Crippen LogP contribution >= 0.6 is 0 Å². The Morgan fingerprint density at radius 1 is 1.25 bits per heavy atom. The molecule has 3 aromatic rings. The zero-order chi connectivity index (χ0) is 13.9. The van der Waals surface area contributed by atoms with Gasteiger partial charge >= 0.3 is 0 Å². The van der Waals surface area contributed by atoms with Crippen LogP contribution in [0.15, 0.2) is 36.5 Å². The first-order chi connectivity index (χ1) is 9.74. The summed E-state index contributed by atoms with van der Waals surface area (Å²) in [5, 5.41) is 0. The van der Waals surface area contributed by atoms with E-state index in [0.29, 0.717) is 23.8 Å². The Bertz CT molecular complexity index is 739. The van der Waals surface area contributed by atoms with Gasteiger partial charge in [-0.3, -0.25) is 0 Å². The predicted octanol–water partition coefficient (Wildman–Crippen LogP) is 2.13. The van der Waals surface area contributed by atoms with E-state index >= 15 is 0 Å². The van der Waals surface area contributed by atoms with Crippen molar-refractivity contribution in [2.75, 3.05) is 12.8 Å². The average Bonchev–Trinajstić information content (AvgIpc) is 2.87. The molecule has 2 heterocycles. The first kappa shape index (κ1) is 12.3. The van der Waals surface area contributed by atoms with E-state index in [9.17, 15) is 0 Å². The number of aromatic amines is 1. The van der Waals surface area contributed by atoms with E-state index in [1.54, 1.807) is 19.4 Å². The number of benzene rings is 1. The van der Waals surface area contributed by atoms with Crippen LogP contribution < -0.4 is 15.2 Å². The first-order valence-corrected chi connectivity index (χ1v) is 6.11. The highest BCUT2D eigenvalue weighted by Crippen LogP contribution is 2.20. The summed E-state index contributed by atoms with van der Waals surface area (Å²) < 4.78 is 10.8. The van der Waals surface area contributed by atoms with Crippen molar-refractivity contribution in [2.24, 2.45) is 0 Å². The highest BCUT2D eigenvalue weighted by atomic mass is 16.5. The molecule has 0 aliphatic carbocycles. The number of hydrogen-bond donors (Lipinski definition) is 2. The van der Waals surface area contributed by atoms with E-state index in [0.717, 1.165) is 17.0 Å². The van der Waals surface area contributed by atoms with Crippen LogP contribution in [0.1, 0.15) is 5.82 Å². The number of H-pyrrole nitrogens is 1. The lowest BCUT2D eigenvalue weighted by Gasteiger charge is -2.05. The number of nitrogen functional groups attached to an aromatic ring is 1. The highest BCUT2D eigenvalue weighted by molar-refractivity contribution is 5.73. The lowest BCUT2D eigenvalue weighted by atomic mass is 10.3. The summed E-state index contributed by atoms with van der Waals surface area (Å²) in [7, 11) is 1.62. The topological polar surface area (TPSA) is 86.1 Å². The number of rotatable bonds is 4. The summed E-state index contributed by atoms with van der Waals surface area (Å²) >= 11 is 0. The number of aromatic nitrogens is 3. The van der Waals surface area contributed by atoms with Gasteiger partial charge in [-0.25, -0.2) is 9.97 Å². The average molecular weight is 270 g/mol. The fraction of sp³-hybridized carbons (Fsp3) is 0.143. The molecule has 0 saturated carbocycles. The van der Waals surface area contributed by atoms with E-state index in [1.807, 2.05) is 24.3 Å². The molecule has 0 radical (unpaired) electrons. The monoisotopic (exact) mass is 270 g/mol. The third-order valence-corrected chi connectivity index (χ3v) is 2.82. The summed E-state index contributed by atoms with van der Waals surface area (Å²) in [5.41, 5.74) is 7.70. The van der Waals surface area contributed by atoms with E-state index in [-0.39, 0.29) is 0 Å². The van der Waals surface area contributed by atoms with Crippen LogP contribution in [0.4, 0.5) is 5.69 Å². The third-order valence-electron chi connectivity index (χ3n) is 2.82. The predicted molar refractivity (Wildman–Crippen MR) is 75.6 cm³/mol. The zero-order valence-electron chi connectivity index (χ0n) is 11.0. The molecule has 0 atom stereocenters. The molecule has 6 nitrogen and oxygen atoms in total. The molecule has 3 N–H and O–H groups in total. The van der Waals surface area contributed by atoms with Gasteiger partial charge in [-0.2, -0.15) is 0 Å². The summed E-state index contributed by atoms with van der Waals surface area (Å²) in [4.78, 5) is 11.6. The van der Waals surface area contributed by atoms with E-state index in [4.69, 9.17) is 15.2 Å². The number of ether oxygens (including phenoxy) is 2. The Morgan fingerprint density at radius 2 is 2.10 bits per heavy atom. The summed E-state index contributed by atoms with van der Waals surface area (Å²) in [6, 6.07) is 9.21. The van der Waals surface area contributed by atoms with Gasteiger partial charge in [0.05, 0.1) is 24.5 Å². The fourth-order valence-corrected chi connectivity index (χ4v) is 1.88. The number of pyridine rings is 1. The molecule has 6 heteroatoms. The number of nitrogens with two attached hydrogens (primary N) is 1. The molecule has 0 amide bonds. The molecule has 20 heavy (non-hydrogen) atoms. The van der Waals surface area contributed by atoms with Crippen molar-refractivity contribution in [2.45, 2.75) is 6.61 Å². The standard InChI is InChI=1S/C14H14N4O2/c1-19-10-3-2-4-11(6-10)20-8-13-17-12-5-9(15)7-16-14(12)18-13/h2-7H,8,15H2,1H3,(H,16,17,18). The van der Waals surface area contributed by atoms with Crippen molar-refractivity contribution in [3.05, 3.63) is 42.4 Å². The Morgan fingerprint density at radius 3 is 2.95 bits per heavy atom. The normalized spacial score (nSPS) is 10.7. The number of fused-ring (bicyclic) bond motifs is 1. The smallest absolute Gasteiger partial charge is 0.177 e. The van der Waals surface area contributed by atoms with Gasteiger partial charge in [-0.1, -0.05) is 6.07 Å². The quantitative estimate of drug-likeness (QED) is 0.758. The van der Waals surface area contributed by atoms with Gasteiger partial charge in [-0.05, 0) is 18.2 Å². The van der Waals surface area contributed by atoms with Crippen molar-refractivity contribution in [1.82, 2.24) is 15.0 Å². The molecule has 102 valence electrons. The zero-order valence-corrected chi connectivity index (χ0v) is 11.0. The van der Waals surface area contributed by atoms with Crippen LogP contribution in [0.5, 0.6) is 11.5 Å². The molecule has 3 rings (SSSR count). The van der Waals surface area contributed by atoms with Gasteiger partial charge in [0.1, 0.15) is 23.9 Å². The van der Waals surface area contributed by atoms with Crippen LogP contribution in [-0.2, 0) is 6.61 Å². The number of nitrogens with zero attached hydrogens (tertiary/aromatic N) is 2. The molecule has 0 spiro atoms. The highest BCUT2D eigenvalue weighted by Gasteiger charge is 2.05. The summed E-state index contributed by atoms with van der Waals surface area (Å²) in [6.07, 6.45) is 1.58. The lowest BCUT2D eigenvalue weighted by molar-refractivity contribution is 0.295. The Kier molecular flexibility index (Phi) is 3.12. The SMILES string of the molecule is COc1cccc(OCc2nc3ncc(N)cc3[nH]2)c1. The van der Waals surface area contributed by atoms with Gasteiger partial charge in [0.15, 0.2) is 5.65 Å². The third kappa shape index (κ3) is 2.49. The molecule has 0 bridgehead atoms. The van der Waals surface area contributed by atoms with Gasteiger partial charge in [0.25, 0.3) is 0 Å². The second-order valence-corrected chi connectivity index (χ2v) is 4.29. The second kappa shape index (κ2) is 5.08. The summed E-state index contributed by atoms with van der Waals surface area (Å²) in [6.45, 7) is 0.323. The number of methoxy groups -OCH3 is 1. The number of hydrogen-bond acceptors (Lipinski definition) is 5. The molecule has 2 aromatic heterocycles. The molecule has 0 aliphatic heterocycles. The number of imidazole rings is 1. The van der Waals surface area contributed by atoms with Crippen molar-refractivity contribution in [3.63, 3.8) is 0 Å². The molecule has 0 saturated heterocycles. The minimum Gasteiger partial charge on any atom is -0.497 e. The van der Waals surface area contributed by atoms with E-state index in [2.05, 4.69) is 15.0 Å². The van der Waals surface area contributed by atoms with Crippen LogP contribution in [0, 0.1) is 0 Å². The maximum Gasteiger partial charge on any atom is 0.177 e. The molecule has 0 aliphatic rings. The molecular weight excluding hydrogens is 256 g/mol. The fourth-order valence-electron chi connectivity index (χ4n) is 1.88. The van der Waals surface area contributed by atoms with Crippen molar-refractivity contribution in [3.8, 4) is 11.5 Å². The van der Waals surface area contributed by atoms with Crippen LogP contribution in [0.25, 0.3) is 11.2 Å². The van der Waals surface area contributed by atoms with Crippen LogP contribution in [-0.4, -0.2) is 22.1 Å². The van der Waals surface area contributed by atoms with Crippen molar-refractivity contribution in [1.29, 1.82) is 0 Å². The molecule has 0 unspecified atom stereocenters. The molecular formula is C14H14N4O2. The number of nitrogens with one attached hydrogen (secondary N) is 1. The van der Waals surface area contributed by atoms with Crippen molar-refractivity contribution < 1.29 is 9.47 Å². The maximum absolute atomic E-state index is 5.67. The maximum atomic E-state index is 5.67. The Hall–Kier alpha value is -2.76. The minimum atomic E-state index is 0.323. The van der Waals surface area contributed by atoms with Crippen molar-refractivity contribution >= 4 is 16.9 Å². The van der Waals surface area contributed by atoms with Gasteiger partial charge in [-0.15, -0.1) is 0 Å². The van der Waals surface area contributed by atoms with E-state index in [1.165, 1.54) is 0 Å². The summed E-state index contributed by atoms with van der Waals surface area (Å²) in [5.74, 6) is 2.17. The Balaban J connectivity index is 1.76. The van der Waals surface area contributed by atoms with Gasteiger partial charge < -0.3 is 20.2 Å². The van der Waals surface area contributed by atoms with Crippen LogP contribution in [0.2, 0.25) is 0 Å². The second-order valence-electron chi connectivity index (χ2n) is 4.29. The number of anilines is 1.